The summed E-state index contributed by atoms with van der Waals surface area (Å²) in [6.07, 6.45) is 2.87. The summed E-state index contributed by atoms with van der Waals surface area (Å²) < 4.78 is 39.6. The summed E-state index contributed by atoms with van der Waals surface area (Å²) in [5, 5.41) is 0.0884. The summed E-state index contributed by atoms with van der Waals surface area (Å²) in [5.74, 6) is -1.58. The van der Waals surface area contributed by atoms with Crippen molar-refractivity contribution in [2.45, 2.75) is 17.7 Å². The largest absolute Gasteiger partial charge is 0.382 e. The van der Waals surface area contributed by atoms with Crippen LogP contribution in [0.3, 0.4) is 0 Å². The highest BCUT2D eigenvalue weighted by Crippen LogP contribution is 2.27. The van der Waals surface area contributed by atoms with Crippen LogP contribution in [0.1, 0.15) is 12.8 Å². The van der Waals surface area contributed by atoms with Gasteiger partial charge in [0.05, 0.1) is 0 Å². The number of hydrogen-bond acceptors (Lipinski definition) is 4. The van der Waals surface area contributed by atoms with E-state index in [0.29, 0.717) is 13.1 Å². The van der Waals surface area contributed by atoms with Gasteiger partial charge in [-0.3, -0.25) is 4.79 Å². The van der Waals surface area contributed by atoms with Crippen LogP contribution in [0.2, 0.25) is 5.02 Å². The normalized spacial score (nSPS) is 15.8. The third kappa shape index (κ3) is 3.84. The van der Waals surface area contributed by atoms with Gasteiger partial charge in [-0.25, -0.2) is 12.8 Å². The van der Waals surface area contributed by atoms with E-state index in [0.717, 1.165) is 25.0 Å². The summed E-state index contributed by atoms with van der Waals surface area (Å²) in [4.78, 5) is 14.5. The summed E-state index contributed by atoms with van der Waals surface area (Å²) in [7, 11) is -1.08. The third-order valence-electron chi connectivity index (χ3n) is 3.45. The molecule has 0 saturated carbocycles. The Kier molecular flexibility index (Phi) is 5.31. The maximum Gasteiger partial charge on any atom is 0.267 e. The van der Waals surface area contributed by atoms with Crippen LogP contribution in [0.25, 0.3) is 0 Å². The lowest BCUT2D eigenvalue weighted by Crippen LogP contribution is -2.33. The number of amides is 1. The standard InChI is InChI=1S/C15H18ClFN2O3S/c1-18(2)10-14(15(20)19-7-3-4-8-19)23(21,22)13-6-5-11(16)9-12(13)17/h5-6,9-10H,3-4,7-8H2,1-2H3. The van der Waals surface area contributed by atoms with Crippen molar-refractivity contribution >= 4 is 27.3 Å². The molecule has 23 heavy (non-hydrogen) atoms. The molecule has 1 saturated heterocycles. The highest BCUT2D eigenvalue weighted by atomic mass is 35.5. The lowest BCUT2D eigenvalue weighted by molar-refractivity contribution is -0.125. The molecule has 1 amide bonds. The average Bonchev–Trinajstić information content (AvgIpc) is 2.97. The summed E-state index contributed by atoms with van der Waals surface area (Å²) >= 11 is 5.66. The van der Waals surface area contributed by atoms with Crippen molar-refractivity contribution in [2.24, 2.45) is 0 Å². The smallest absolute Gasteiger partial charge is 0.267 e. The second-order valence-electron chi connectivity index (χ2n) is 5.53. The molecule has 0 atom stereocenters. The molecule has 5 nitrogen and oxygen atoms in total. The van der Waals surface area contributed by atoms with Crippen molar-refractivity contribution in [1.29, 1.82) is 0 Å². The van der Waals surface area contributed by atoms with Crippen LogP contribution >= 0.6 is 11.6 Å². The predicted octanol–water partition coefficient (Wildman–Crippen LogP) is 2.28. The highest BCUT2D eigenvalue weighted by molar-refractivity contribution is 7.96. The van der Waals surface area contributed by atoms with E-state index >= 15 is 0 Å². The van der Waals surface area contributed by atoms with Gasteiger partial charge in [-0.1, -0.05) is 11.6 Å². The van der Waals surface area contributed by atoms with Crippen LogP contribution in [0.4, 0.5) is 4.39 Å². The Balaban J connectivity index is 2.51. The lowest BCUT2D eigenvalue weighted by atomic mass is 10.3. The molecule has 0 radical (unpaired) electrons. The van der Waals surface area contributed by atoms with Crippen molar-refractivity contribution in [3.63, 3.8) is 0 Å². The highest BCUT2D eigenvalue weighted by Gasteiger charge is 2.33. The fourth-order valence-electron chi connectivity index (χ4n) is 2.36. The van der Waals surface area contributed by atoms with Gasteiger partial charge in [-0.15, -0.1) is 0 Å². The number of halogens is 2. The Labute approximate surface area is 140 Å². The van der Waals surface area contributed by atoms with E-state index in [4.69, 9.17) is 11.6 Å². The third-order valence-corrected chi connectivity index (χ3v) is 5.46. The van der Waals surface area contributed by atoms with E-state index < -0.39 is 31.4 Å². The van der Waals surface area contributed by atoms with Crippen molar-refractivity contribution < 1.29 is 17.6 Å². The first-order valence-corrected chi connectivity index (χ1v) is 8.97. The van der Waals surface area contributed by atoms with Gasteiger partial charge in [0.15, 0.2) is 4.91 Å². The van der Waals surface area contributed by atoms with Crippen LogP contribution in [0, 0.1) is 5.82 Å². The zero-order valence-electron chi connectivity index (χ0n) is 12.9. The molecule has 0 aliphatic carbocycles. The molecule has 1 heterocycles. The van der Waals surface area contributed by atoms with E-state index in [1.807, 2.05) is 0 Å². The van der Waals surface area contributed by atoms with Crippen LogP contribution in [-0.2, 0) is 14.6 Å². The Morgan fingerprint density at radius 1 is 1.30 bits per heavy atom. The maximum absolute atomic E-state index is 14.1. The minimum atomic E-state index is -4.29. The molecule has 1 aromatic rings. The minimum Gasteiger partial charge on any atom is -0.382 e. The molecule has 2 rings (SSSR count). The molecule has 1 aliphatic rings. The van der Waals surface area contributed by atoms with E-state index in [1.54, 1.807) is 14.1 Å². The number of likely N-dealkylation sites (tertiary alicyclic amines) is 1. The van der Waals surface area contributed by atoms with Crippen LogP contribution in [-0.4, -0.2) is 51.3 Å². The van der Waals surface area contributed by atoms with Crippen molar-refractivity contribution in [1.82, 2.24) is 9.80 Å². The summed E-state index contributed by atoms with van der Waals surface area (Å²) in [6.45, 7) is 1.00. The van der Waals surface area contributed by atoms with Gasteiger partial charge in [0, 0.05) is 38.4 Å². The molecule has 0 bridgehead atoms. The van der Waals surface area contributed by atoms with E-state index in [1.165, 1.54) is 22.1 Å². The van der Waals surface area contributed by atoms with Gasteiger partial charge in [-0.2, -0.15) is 0 Å². The molecule has 1 aliphatic heterocycles. The number of nitrogens with zero attached hydrogens (tertiary/aromatic N) is 2. The van der Waals surface area contributed by atoms with Crippen molar-refractivity contribution in [3.8, 4) is 0 Å². The molecule has 0 N–H and O–H groups in total. The molecule has 8 heteroatoms. The Bertz CT molecular complexity index is 741. The first kappa shape index (κ1) is 17.7. The van der Waals surface area contributed by atoms with E-state index in [-0.39, 0.29) is 5.02 Å². The van der Waals surface area contributed by atoms with Gasteiger partial charge in [-0.05, 0) is 31.0 Å². The number of carbonyl (C=O) groups is 1. The molecule has 1 fully saturated rings. The van der Waals surface area contributed by atoms with Crippen molar-refractivity contribution in [3.05, 3.63) is 40.1 Å². The molecule has 1 aromatic carbocycles. The molecule has 0 aromatic heterocycles. The average molecular weight is 361 g/mol. The fraction of sp³-hybridized carbons (Fsp3) is 0.400. The second-order valence-corrected chi connectivity index (χ2v) is 7.86. The Hall–Kier alpha value is -1.60. The van der Waals surface area contributed by atoms with E-state index in [9.17, 15) is 17.6 Å². The van der Waals surface area contributed by atoms with Gasteiger partial charge in [0.25, 0.3) is 5.91 Å². The van der Waals surface area contributed by atoms with Crippen LogP contribution < -0.4 is 0 Å². The van der Waals surface area contributed by atoms with Gasteiger partial charge >= 0.3 is 0 Å². The second kappa shape index (κ2) is 6.88. The maximum atomic E-state index is 14.1. The molecule has 0 unspecified atom stereocenters. The van der Waals surface area contributed by atoms with Crippen LogP contribution in [0.5, 0.6) is 0 Å². The molecular weight excluding hydrogens is 343 g/mol. The number of rotatable bonds is 4. The zero-order chi connectivity index (χ0) is 17.2. The first-order chi connectivity index (χ1) is 10.7. The lowest BCUT2D eigenvalue weighted by Gasteiger charge is -2.19. The van der Waals surface area contributed by atoms with Crippen LogP contribution in [0.15, 0.2) is 34.2 Å². The monoisotopic (exact) mass is 360 g/mol. The topological polar surface area (TPSA) is 57.7 Å². The molecule has 126 valence electrons. The van der Waals surface area contributed by atoms with E-state index in [2.05, 4.69) is 0 Å². The summed E-state index contributed by atoms with van der Waals surface area (Å²) in [6, 6.07) is 3.28. The fourth-order valence-corrected chi connectivity index (χ4v) is 4.03. The number of hydrogen-bond donors (Lipinski definition) is 0. The SMILES string of the molecule is CN(C)C=C(C(=O)N1CCCC1)S(=O)(=O)c1ccc(Cl)cc1F. The Morgan fingerprint density at radius 2 is 1.91 bits per heavy atom. The van der Waals surface area contributed by atoms with Gasteiger partial charge in [0.2, 0.25) is 9.84 Å². The first-order valence-electron chi connectivity index (χ1n) is 7.11. The number of benzene rings is 1. The summed E-state index contributed by atoms with van der Waals surface area (Å²) in [5.41, 5.74) is 0. The van der Waals surface area contributed by atoms with Gasteiger partial charge in [0.1, 0.15) is 10.7 Å². The Morgan fingerprint density at radius 3 is 2.43 bits per heavy atom. The quantitative estimate of drug-likeness (QED) is 0.773. The number of carbonyl (C=O) groups excluding carboxylic acids is 1. The predicted molar refractivity (Wildman–Crippen MR) is 86.2 cm³/mol. The van der Waals surface area contributed by atoms with Gasteiger partial charge < -0.3 is 9.80 Å². The zero-order valence-corrected chi connectivity index (χ0v) is 14.5. The minimum absolute atomic E-state index is 0.0884. The molecule has 0 spiro atoms. The number of sulfone groups is 1. The molecular formula is C15H18ClFN2O3S. The van der Waals surface area contributed by atoms with Crippen molar-refractivity contribution in [2.75, 3.05) is 27.2 Å².